The number of carboxylic acid groups (broad SMARTS) is 1. The molecule has 3 unspecified atom stereocenters. The zero-order chi connectivity index (χ0) is 11.9. The molecule has 0 aromatic carbocycles. The highest BCUT2D eigenvalue weighted by atomic mass is 32.1. The summed E-state index contributed by atoms with van der Waals surface area (Å²) in [5.41, 5.74) is 0.628. The Morgan fingerprint density at radius 3 is 3.00 bits per heavy atom. The highest BCUT2D eigenvalue weighted by Crippen LogP contribution is 2.50. The molecule has 3 rings (SSSR count). The van der Waals surface area contributed by atoms with E-state index in [4.69, 9.17) is 4.74 Å². The van der Waals surface area contributed by atoms with Crippen molar-refractivity contribution in [3.63, 3.8) is 0 Å². The van der Waals surface area contributed by atoms with Crippen LogP contribution in [-0.2, 0) is 16.0 Å². The summed E-state index contributed by atoms with van der Waals surface area (Å²) in [6.45, 7) is 0. The topological polar surface area (TPSA) is 46.5 Å². The van der Waals surface area contributed by atoms with Crippen molar-refractivity contribution in [3.8, 4) is 0 Å². The van der Waals surface area contributed by atoms with E-state index >= 15 is 0 Å². The smallest absolute Gasteiger partial charge is 0.312 e. The molecule has 2 saturated heterocycles. The molecule has 3 heterocycles. The summed E-state index contributed by atoms with van der Waals surface area (Å²) >= 11 is 1.67. The second-order valence-electron chi connectivity index (χ2n) is 5.12. The number of rotatable bonds is 4. The first kappa shape index (κ1) is 11.2. The molecule has 92 valence electrons. The van der Waals surface area contributed by atoms with Gasteiger partial charge in [0.15, 0.2) is 0 Å². The Morgan fingerprint density at radius 1 is 1.59 bits per heavy atom. The summed E-state index contributed by atoms with van der Waals surface area (Å²) in [4.78, 5) is 11.6. The van der Waals surface area contributed by atoms with Crippen LogP contribution in [0, 0.1) is 5.41 Å². The predicted octanol–water partition coefficient (Wildman–Crippen LogP) is 2.70. The molecule has 1 aromatic heterocycles. The van der Waals surface area contributed by atoms with Crippen LogP contribution in [0.3, 0.4) is 0 Å². The molecule has 0 radical (unpaired) electrons. The lowest BCUT2D eigenvalue weighted by atomic mass is 9.70. The largest absolute Gasteiger partial charge is 0.481 e. The summed E-state index contributed by atoms with van der Waals surface area (Å²) in [5, 5.41) is 13.7. The Morgan fingerprint density at radius 2 is 2.47 bits per heavy atom. The molecule has 0 spiro atoms. The summed E-state index contributed by atoms with van der Waals surface area (Å²) < 4.78 is 5.74. The van der Waals surface area contributed by atoms with Crippen LogP contribution in [0.25, 0.3) is 0 Å². The second kappa shape index (κ2) is 4.10. The van der Waals surface area contributed by atoms with Crippen molar-refractivity contribution in [2.24, 2.45) is 5.41 Å². The van der Waals surface area contributed by atoms with E-state index in [1.165, 1.54) is 5.56 Å². The number of aryl methyl sites for hydroxylation is 1. The molecule has 2 aliphatic rings. The van der Waals surface area contributed by atoms with Crippen molar-refractivity contribution in [2.75, 3.05) is 0 Å². The van der Waals surface area contributed by atoms with E-state index in [-0.39, 0.29) is 12.2 Å². The minimum Gasteiger partial charge on any atom is -0.481 e. The maximum atomic E-state index is 11.6. The maximum absolute atomic E-state index is 11.6. The van der Waals surface area contributed by atoms with Gasteiger partial charge in [0.05, 0.1) is 17.6 Å². The predicted molar refractivity (Wildman–Crippen MR) is 65.2 cm³/mol. The molecule has 1 N–H and O–H groups in total. The lowest BCUT2D eigenvalue weighted by Gasteiger charge is -2.30. The molecule has 2 fully saturated rings. The zero-order valence-corrected chi connectivity index (χ0v) is 10.4. The molecule has 0 saturated carbocycles. The van der Waals surface area contributed by atoms with Crippen molar-refractivity contribution < 1.29 is 14.6 Å². The van der Waals surface area contributed by atoms with E-state index in [1.54, 1.807) is 11.3 Å². The van der Waals surface area contributed by atoms with Crippen LogP contribution in [0.15, 0.2) is 16.8 Å². The highest BCUT2D eigenvalue weighted by Gasteiger charge is 2.56. The SMILES string of the molecule is O=C(O)C1(CCc2ccsc2)CC2CCC1O2. The molecule has 4 heteroatoms. The minimum atomic E-state index is -0.667. The molecular formula is C13H16O3S. The van der Waals surface area contributed by atoms with Crippen molar-refractivity contribution in [2.45, 2.75) is 44.3 Å². The monoisotopic (exact) mass is 252 g/mol. The Kier molecular flexibility index (Phi) is 2.71. The van der Waals surface area contributed by atoms with Gasteiger partial charge in [-0.2, -0.15) is 11.3 Å². The average molecular weight is 252 g/mol. The Balaban J connectivity index is 1.75. The second-order valence-corrected chi connectivity index (χ2v) is 5.90. The number of carboxylic acids is 1. The molecular weight excluding hydrogens is 236 g/mol. The molecule has 2 bridgehead atoms. The first-order valence-corrected chi connectivity index (χ1v) is 7.05. The van der Waals surface area contributed by atoms with Gasteiger partial charge in [-0.1, -0.05) is 0 Å². The number of hydrogen-bond donors (Lipinski definition) is 1. The van der Waals surface area contributed by atoms with Gasteiger partial charge in [-0.3, -0.25) is 4.79 Å². The average Bonchev–Trinajstić information content (AvgIpc) is 3.02. The zero-order valence-electron chi connectivity index (χ0n) is 9.59. The molecule has 1 aromatic rings. The third-order valence-corrected chi connectivity index (χ3v) is 4.91. The number of thiophene rings is 1. The van der Waals surface area contributed by atoms with Gasteiger partial charge in [0.25, 0.3) is 0 Å². The molecule has 0 aliphatic carbocycles. The van der Waals surface area contributed by atoms with Crippen molar-refractivity contribution >= 4 is 17.3 Å². The van der Waals surface area contributed by atoms with Gasteiger partial charge in [-0.05, 0) is 54.5 Å². The van der Waals surface area contributed by atoms with Crippen LogP contribution in [0.1, 0.15) is 31.2 Å². The van der Waals surface area contributed by atoms with Crippen LogP contribution in [0.4, 0.5) is 0 Å². The summed E-state index contributed by atoms with van der Waals surface area (Å²) in [5.74, 6) is -0.667. The third-order valence-electron chi connectivity index (χ3n) is 4.18. The van der Waals surface area contributed by atoms with Crippen LogP contribution in [0.2, 0.25) is 0 Å². The van der Waals surface area contributed by atoms with Crippen LogP contribution >= 0.6 is 11.3 Å². The normalized spacial score (nSPS) is 35.3. The van der Waals surface area contributed by atoms with E-state index < -0.39 is 11.4 Å². The van der Waals surface area contributed by atoms with Crippen molar-refractivity contribution in [1.82, 2.24) is 0 Å². The molecule has 3 atom stereocenters. The standard InChI is InChI=1S/C13H16O3S/c14-12(15)13(5-3-9-4-6-17-8-9)7-10-1-2-11(13)16-10/h4,6,8,10-11H,1-3,5,7H2,(H,14,15). The summed E-state index contributed by atoms with van der Waals surface area (Å²) in [7, 11) is 0. The molecule has 17 heavy (non-hydrogen) atoms. The Bertz CT molecular complexity index is 414. The number of fused-ring (bicyclic) bond motifs is 2. The maximum Gasteiger partial charge on any atom is 0.312 e. The summed E-state index contributed by atoms with van der Waals surface area (Å²) in [6, 6.07) is 2.08. The van der Waals surface area contributed by atoms with Crippen molar-refractivity contribution in [3.05, 3.63) is 22.4 Å². The number of aliphatic carboxylic acids is 1. The molecule has 0 amide bonds. The summed E-state index contributed by atoms with van der Waals surface area (Å²) in [6.07, 6.45) is 4.36. The molecule has 2 aliphatic heterocycles. The fourth-order valence-corrected chi connectivity index (χ4v) is 3.90. The van der Waals surface area contributed by atoms with Gasteiger partial charge in [-0.25, -0.2) is 0 Å². The Hall–Kier alpha value is -0.870. The first-order chi connectivity index (χ1) is 8.21. The van der Waals surface area contributed by atoms with Gasteiger partial charge in [-0.15, -0.1) is 0 Å². The minimum absolute atomic E-state index is 0.0522. The number of ether oxygens (including phenoxy) is 1. The molecule has 3 nitrogen and oxygen atoms in total. The number of hydrogen-bond acceptors (Lipinski definition) is 3. The van der Waals surface area contributed by atoms with Crippen LogP contribution in [-0.4, -0.2) is 23.3 Å². The van der Waals surface area contributed by atoms with Crippen LogP contribution in [0.5, 0.6) is 0 Å². The van der Waals surface area contributed by atoms with Crippen LogP contribution < -0.4 is 0 Å². The van der Waals surface area contributed by atoms with E-state index in [2.05, 4.69) is 11.4 Å². The van der Waals surface area contributed by atoms with E-state index in [9.17, 15) is 9.90 Å². The third kappa shape index (κ3) is 1.79. The van der Waals surface area contributed by atoms with Crippen molar-refractivity contribution in [1.29, 1.82) is 0 Å². The van der Waals surface area contributed by atoms with E-state index in [0.717, 1.165) is 19.3 Å². The Labute approximate surface area is 104 Å². The van der Waals surface area contributed by atoms with E-state index in [0.29, 0.717) is 12.8 Å². The quantitative estimate of drug-likeness (QED) is 0.896. The van der Waals surface area contributed by atoms with E-state index in [1.807, 2.05) is 5.38 Å². The number of carbonyl (C=O) groups is 1. The highest BCUT2D eigenvalue weighted by molar-refractivity contribution is 7.07. The lowest BCUT2D eigenvalue weighted by Crippen LogP contribution is -2.40. The van der Waals surface area contributed by atoms with Gasteiger partial charge in [0.2, 0.25) is 0 Å². The van der Waals surface area contributed by atoms with Gasteiger partial charge < -0.3 is 9.84 Å². The van der Waals surface area contributed by atoms with Gasteiger partial charge >= 0.3 is 5.97 Å². The first-order valence-electron chi connectivity index (χ1n) is 6.11. The van der Waals surface area contributed by atoms with Gasteiger partial charge in [0.1, 0.15) is 0 Å². The fourth-order valence-electron chi connectivity index (χ4n) is 3.20. The fraction of sp³-hybridized carbons (Fsp3) is 0.615. The van der Waals surface area contributed by atoms with Gasteiger partial charge in [0, 0.05) is 0 Å². The lowest BCUT2D eigenvalue weighted by molar-refractivity contribution is -0.152.